The fraction of sp³-hybridized carbons (Fsp3) is 0.318. The maximum atomic E-state index is 12.8. The third kappa shape index (κ3) is 4.93. The quantitative estimate of drug-likeness (QED) is 0.582. The Bertz CT molecular complexity index is 985. The second-order valence-corrected chi connectivity index (χ2v) is 6.22. The summed E-state index contributed by atoms with van der Waals surface area (Å²) in [7, 11) is 0. The van der Waals surface area contributed by atoms with Crippen LogP contribution in [0.5, 0.6) is 5.75 Å². The first kappa shape index (κ1) is 21.1. The largest absolute Gasteiger partial charge is 0.490 e. The van der Waals surface area contributed by atoms with E-state index >= 15 is 0 Å². The van der Waals surface area contributed by atoms with Crippen LogP contribution in [0, 0.1) is 6.92 Å². The number of nitrogens with zero attached hydrogens (tertiary/aromatic N) is 2. The lowest BCUT2D eigenvalue weighted by Gasteiger charge is -2.07. The molecule has 0 unspecified atom stereocenters. The van der Waals surface area contributed by atoms with E-state index in [4.69, 9.17) is 14.3 Å². The SMILES string of the molecule is CCOc1cccn2c(C(=O)CCc3cccc(CC)c3)c(C)nc12.O=C=O. The van der Waals surface area contributed by atoms with E-state index in [-0.39, 0.29) is 11.9 Å². The van der Waals surface area contributed by atoms with Crippen LogP contribution in [-0.2, 0) is 22.4 Å². The number of hydrogen-bond acceptors (Lipinski definition) is 5. The minimum atomic E-state index is 0.112. The summed E-state index contributed by atoms with van der Waals surface area (Å²) in [5, 5.41) is 0. The number of fused-ring (bicyclic) bond motifs is 1. The highest BCUT2D eigenvalue weighted by Gasteiger charge is 2.18. The number of imidazole rings is 1. The third-order valence-corrected chi connectivity index (χ3v) is 4.39. The fourth-order valence-electron chi connectivity index (χ4n) is 3.14. The molecule has 0 aliphatic carbocycles. The van der Waals surface area contributed by atoms with Crippen molar-refractivity contribution in [3.05, 3.63) is 65.1 Å². The van der Waals surface area contributed by atoms with Crippen molar-refractivity contribution < 1.29 is 19.1 Å². The van der Waals surface area contributed by atoms with Gasteiger partial charge in [-0.3, -0.25) is 9.20 Å². The highest BCUT2D eigenvalue weighted by molar-refractivity contribution is 5.96. The number of pyridine rings is 1. The lowest BCUT2D eigenvalue weighted by atomic mass is 10.0. The Morgan fingerprint density at radius 2 is 1.86 bits per heavy atom. The number of Topliss-reactive ketones (excluding diaryl/α,β-unsaturated/α-hetero) is 1. The normalized spacial score (nSPS) is 10.1. The Balaban J connectivity index is 0.000000878. The number of carbonyl (C=O) groups is 1. The topological polar surface area (TPSA) is 77.7 Å². The minimum Gasteiger partial charge on any atom is -0.490 e. The Morgan fingerprint density at radius 3 is 2.54 bits per heavy atom. The van der Waals surface area contributed by atoms with E-state index < -0.39 is 0 Å². The van der Waals surface area contributed by atoms with Crippen LogP contribution in [0.1, 0.15) is 47.6 Å². The molecule has 146 valence electrons. The molecular weight excluding hydrogens is 356 g/mol. The van der Waals surface area contributed by atoms with Crippen LogP contribution in [0.4, 0.5) is 0 Å². The van der Waals surface area contributed by atoms with Crippen LogP contribution in [0.2, 0.25) is 0 Å². The van der Waals surface area contributed by atoms with Crippen LogP contribution in [0.15, 0.2) is 42.6 Å². The summed E-state index contributed by atoms with van der Waals surface area (Å²) in [6, 6.07) is 12.2. The van der Waals surface area contributed by atoms with Gasteiger partial charge < -0.3 is 4.74 Å². The van der Waals surface area contributed by atoms with Gasteiger partial charge in [-0.05, 0) is 49.9 Å². The monoisotopic (exact) mass is 380 g/mol. The molecule has 0 aliphatic heterocycles. The lowest BCUT2D eigenvalue weighted by Crippen LogP contribution is -2.07. The average molecular weight is 380 g/mol. The lowest BCUT2D eigenvalue weighted by molar-refractivity contribution is -0.191. The summed E-state index contributed by atoms with van der Waals surface area (Å²) >= 11 is 0. The highest BCUT2D eigenvalue weighted by atomic mass is 16.5. The van der Waals surface area contributed by atoms with E-state index in [0.717, 1.165) is 18.5 Å². The van der Waals surface area contributed by atoms with Crippen LogP contribution >= 0.6 is 0 Å². The van der Waals surface area contributed by atoms with Crippen molar-refractivity contribution in [2.24, 2.45) is 0 Å². The zero-order valence-corrected chi connectivity index (χ0v) is 16.4. The van der Waals surface area contributed by atoms with Gasteiger partial charge in [-0.25, -0.2) is 4.98 Å². The number of carbonyl (C=O) groups excluding carboxylic acids is 3. The molecule has 6 heteroatoms. The Labute approximate surface area is 164 Å². The van der Waals surface area contributed by atoms with E-state index in [0.29, 0.717) is 30.1 Å². The van der Waals surface area contributed by atoms with Crippen LogP contribution in [0.25, 0.3) is 5.65 Å². The van der Waals surface area contributed by atoms with Gasteiger partial charge in [0.15, 0.2) is 17.2 Å². The Hall–Kier alpha value is -3.24. The fourth-order valence-corrected chi connectivity index (χ4v) is 3.14. The minimum absolute atomic E-state index is 0.112. The van der Waals surface area contributed by atoms with Gasteiger partial charge in [0.2, 0.25) is 0 Å². The second-order valence-electron chi connectivity index (χ2n) is 6.22. The molecule has 0 fully saturated rings. The number of ether oxygens (including phenoxy) is 1. The van der Waals surface area contributed by atoms with Crippen molar-refractivity contribution in [1.82, 2.24) is 9.38 Å². The summed E-state index contributed by atoms with van der Waals surface area (Å²) in [4.78, 5) is 33.6. The van der Waals surface area contributed by atoms with Crippen molar-refractivity contribution in [3.8, 4) is 5.75 Å². The van der Waals surface area contributed by atoms with E-state index in [9.17, 15) is 4.79 Å². The van der Waals surface area contributed by atoms with Gasteiger partial charge in [0.05, 0.1) is 12.3 Å². The Morgan fingerprint density at radius 1 is 1.14 bits per heavy atom. The summed E-state index contributed by atoms with van der Waals surface area (Å²) in [5.74, 6) is 0.823. The molecule has 0 bridgehead atoms. The van der Waals surface area contributed by atoms with Gasteiger partial charge in [0.1, 0.15) is 5.69 Å². The molecular formula is C22H24N2O4. The van der Waals surface area contributed by atoms with E-state index in [1.165, 1.54) is 11.1 Å². The van der Waals surface area contributed by atoms with Gasteiger partial charge in [-0.1, -0.05) is 31.2 Å². The number of benzene rings is 1. The summed E-state index contributed by atoms with van der Waals surface area (Å²) in [6.45, 7) is 6.54. The zero-order valence-electron chi connectivity index (χ0n) is 16.4. The Kier molecular flexibility index (Phi) is 7.66. The zero-order chi connectivity index (χ0) is 20.5. The average Bonchev–Trinajstić information content (AvgIpc) is 3.04. The number of ketones is 1. The van der Waals surface area contributed by atoms with Gasteiger partial charge in [0, 0.05) is 12.6 Å². The maximum Gasteiger partial charge on any atom is 0.373 e. The molecule has 0 aliphatic rings. The summed E-state index contributed by atoms with van der Waals surface area (Å²) in [5.41, 5.74) is 4.62. The molecule has 0 saturated carbocycles. The third-order valence-electron chi connectivity index (χ3n) is 4.39. The van der Waals surface area contributed by atoms with Crippen LogP contribution in [-0.4, -0.2) is 27.9 Å². The van der Waals surface area contributed by atoms with Crippen LogP contribution < -0.4 is 4.74 Å². The van der Waals surface area contributed by atoms with Crippen molar-refractivity contribution in [1.29, 1.82) is 0 Å². The molecule has 0 N–H and O–H groups in total. The molecule has 0 amide bonds. The molecule has 3 rings (SSSR count). The van der Waals surface area contributed by atoms with Gasteiger partial charge in [-0.15, -0.1) is 0 Å². The molecule has 0 radical (unpaired) electrons. The summed E-state index contributed by atoms with van der Waals surface area (Å²) < 4.78 is 7.48. The molecule has 0 atom stereocenters. The van der Waals surface area contributed by atoms with E-state index in [2.05, 4.69) is 36.2 Å². The molecule has 3 aromatic rings. The first-order valence-corrected chi connectivity index (χ1v) is 9.26. The first-order valence-electron chi connectivity index (χ1n) is 9.26. The van der Waals surface area contributed by atoms with Crippen molar-refractivity contribution in [2.45, 2.75) is 40.0 Å². The van der Waals surface area contributed by atoms with E-state index in [1.54, 1.807) is 0 Å². The van der Waals surface area contributed by atoms with Gasteiger partial charge >= 0.3 is 6.15 Å². The van der Waals surface area contributed by atoms with Gasteiger partial charge in [-0.2, -0.15) is 9.59 Å². The number of hydrogen-bond donors (Lipinski definition) is 0. The molecule has 28 heavy (non-hydrogen) atoms. The maximum absolute atomic E-state index is 12.8. The molecule has 2 heterocycles. The predicted octanol–water partition coefficient (Wildman–Crippen LogP) is 3.84. The predicted molar refractivity (Wildman–Crippen MR) is 105 cm³/mol. The van der Waals surface area contributed by atoms with Crippen molar-refractivity contribution in [2.75, 3.05) is 6.61 Å². The molecule has 0 spiro atoms. The first-order chi connectivity index (χ1) is 13.5. The highest BCUT2D eigenvalue weighted by Crippen LogP contribution is 2.23. The van der Waals surface area contributed by atoms with Crippen molar-refractivity contribution >= 4 is 17.6 Å². The summed E-state index contributed by atoms with van der Waals surface area (Å²) in [6.07, 6.45) is 4.35. The standard InChI is InChI=1S/C21H24N2O2.CO2/c1-4-16-8-6-9-17(14-16)11-12-18(24)20-15(3)22-21-19(25-5-2)10-7-13-23(20)21;2-1-3/h6-10,13-14H,4-5,11-12H2,1-3H3;. The van der Waals surface area contributed by atoms with Gasteiger partial charge in [0.25, 0.3) is 0 Å². The van der Waals surface area contributed by atoms with Crippen LogP contribution in [0.3, 0.4) is 0 Å². The molecule has 1 aromatic carbocycles. The number of rotatable bonds is 7. The van der Waals surface area contributed by atoms with E-state index in [1.807, 2.05) is 36.6 Å². The van der Waals surface area contributed by atoms with Crippen molar-refractivity contribution in [3.63, 3.8) is 0 Å². The number of aryl methyl sites for hydroxylation is 3. The molecule has 6 nitrogen and oxygen atoms in total. The molecule has 2 aromatic heterocycles. The second kappa shape index (κ2) is 10.2. The smallest absolute Gasteiger partial charge is 0.373 e. The molecule has 0 saturated heterocycles. The number of aromatic nitrogens is 2.